The number of ketones is 1. The van der Waals surface area contributed by atoms with E-state index in [1.807, 2.05) is 6.07 Å². The van der Waals surface area contributed by atoms with Crippen molar-refractivity contribution in [2.75, 3.05) is 0 Å². The average Bonchev–Trinajstić information content (AvgIpc) is 3.08. The molecule has 0 bridgehead atoms. The molecule has 136 valence electrons. The highest BCUT2D eigenvalue weighted by atomic mass is 19.4. The number of hydrogen-bond donors (Lipinski definition) is 0. The maximum atomic E-state index is 12.7. The number of aryl methyl sites for hydroxylation is 2. The Bertz CT molecular complexity index is 856. The zero-order valence-corrected chi connectivity index (χ0v) is 14.1. The summed E-state index contributed by atoms with van der Waals surface area (Å²) in [6.45, 7) is 1.42. The lowest BCUT2D eigenvalue weighted by Crippen LogP contribution is -2.24. The topological polar surface area (TPSA) is 43.4 Å². The Labute approximate surface area is 148 Å². The van der Waals surface area contributed by atoms with Gasteiger partial charge in [-0.15, -0.1) is 0 Å². The quantitative estimate of drug-likeness (QED) is 0.589. The fraction of sp³-hybridized carbons (Fsp3) is 0.300. The second kappa shape index (κ2) is 6.94. The second-order valence-electron chi connectivity index (χ2n) is 6.33. The van der Waals surface area contributed by atoms with Gasteiger partial charge in [0.2, 0.25) is 5.78 Å². The largest absolute Gasteiger partial charge is 0.451 e. The molecule has 0 N–H and O–H groups in total. The molecule has 0 radical (unpaired) electrons. The Morgan fingerprint density at radius 3 is 2.46 bits per heavy atom. The number of esters is 1. The first-order chi connectivity index (χ1) is 12.3. The van der Waals surface area contributed by atoms with Crippen LogP contribution in [-0.4, -0.2) is 17.9 Å². The molecule has 0 amide bonds. The highest BCUT2D eigenvalue weighted by Crippen LogP contribution is 2.30. The van der Waals surface area contributed by atoms with Gasteiger partial charge in [-0.1, -0.05) is 18.2 Å². The number of halogens is 3. The molecule has 3 rings (SSSR count). The molecule has 0 aliphatic heterocycles. The number of benzene rings is 2. The minimum Gasteiger partial charge on any atom is -0.451 e. The third-order valence-corrected chi connectivity index (χ3v) is 4.46. The fourth-order valence-corrected chi connectivity index (χ4v) is 3.06. The fourth-order valence-electron chi connectivity index (χ4n) is 3.06. The molecular formula is C20H17F3O3. The summed E-state index contributed by atoms with van der Waals surface area (Å²) in [6, 6.07) is 9.35. The number of fused-ring (bicyclic) bond motifs is 1. The summed E-state index contributed by atoms with van der Waals surface area (Å²) in [7, 11) is 0. The lowest BCUT2D eigenvalue weighted by molar-refractivity contribution is -0.137. The molecule has 0 spiro atoms. The molecule has 26 heavy (non-hydrogen) atoms. The van der Waals surface area contributed by atoms with Gasteiger partial charge in [0.25, 0.3) is 0 Å². The number of rotatable bonds is 4. The molecule has 1 aliphatic carbocycles. The monoisotopic (exact) mass is 362 g/mol. The van der Waals surface area contributed by atoms with E-state index in [2.05, 4.69) is 0 Å². The van der Waals surface area contributed by atoms with Crippen LogP contribution in [0.5, 0.6) is 0 Å². The summed E-state index contributed by atoms with van der Waals surface area (Å²) in [5, 5.41) is 0. The van der Waals surface area contributed by atoms with Crippen molar-refractivity contribution in [2.24, 2.45) is 0 Å². The van der Waals surface area contributed by atoms with Gasteiger partial charge in [0, 0.05) is 5.56 Å². The molecule has 0 fully saturated rings. The first-order valence-electron chi connectivity index (χ1n) is 8.30. The predicted octanol–water partition coefficient (Wildman–Crippen LogP) is 4.62. The summed E-state index contributed by atoms with van der Waals surface area (Å²) in [5.41, 5.74) is 1.59. The Morgan fingerprint density at radius 2 is 1.73 bits per heavy atom. The van der Waals surface area contributed by atoms with E-state index < -0.39 is 23.8 Å². The Balaban J connectivity index is 1.72. The van der Waals surface area contributed by atoms with Crippen molar-refractivity contribution < 1.29 is 27.5 Å². The van der Waals surface area contributed by atoms with E-state index in [0.29, 0.717) is 5.56 Å². The molecule has 0 saturated carbocycles. The SMILES string of the molecule is C[C@H](OC(=O)c1cccc(C(F)(F)F)c1)C(=O)c1ccc2c(c1)CCC2. The minimum absolute atomic E-state index is 0.242. The number of alkyl halides is 3. The van der Waals surface area contributed by atoms with Gasteiger partial charge >= 0.3 is 12.1 Å². The number of carbonyl (C=O) groups excluding carboxylic acids is 2. The Hall–Kier alpha value is -2.63. The summed E-state index contributed by atoms with van der Waals surface area (Å²) in [6.07, 6.45) is -2.69. The lowest BCUT2D eigenvalue weighted by Gasteiger charge is -2.14. The first-order valence-corrected chi connectivity index (χ1v) is 8.30. The summed E-state index contributed by atoms with van der Waals surface area (Å²) in [4.78, 5) is 24.6. The van der Waals surface area contributed by atoms with E-state index in [9.17, 15) is 22.8 Å². The van der Waals surface area contributed by atoms with Crippen molar-refractivity contribution in [3.05, 3.63) is 70.3 Å². The number of Topliss-reactive ketones (excluding diaryl/α,β-unsaturated/α-hetero) is 1. The number of hydrogen-bond acceptors (Lipinski definition) is 3. The van der Waals surface area contributed by atoms with Crippen molar-refractivity contribution >= 4 is 11.8 Å². The van der Waals surface area contributed by atoms with Crippen LogP contribution in [0.25, 0.3) is 0 Å². The maximum Gasteiger partial charge on any atom is 0.416 e. The van der Waals surface area contributed by atoms with Gasteiger partial charge < -0.3 is 4.74 Å². The van der Waals surface area contributed by atoms with Gasteiger partial charge in [-0.05, 0) is 61.6 Å². The minimum atomic E-state index is -4.55. The van der Waals surface area contributed by atoms with E-state index in [-0.39, 0.29) is 11.3 Å². The van der Waals surface area contributed by atoms with Gasteiger partial charge in [0.15, 0.2) is 6.10 Å². The van der Waals surface area contributed by atoms with E-state index >= 15 is 0 Å². The molecular weight excluding hydrogens is 345 g/mol. The van der Waals surface area contributed by atoms with Crippen LogP contribution < -0.4 is 0 Å². The molecule has 1 aliphatic rings. The van der Waals surface area contributed by atoms with E-state index in [4.69, 9.17) is 4.74 Å². The molecule has 1 atom stereocenters. The number of ether oxygens (including phenoxy) is 1. The molecule has 6 heteroatoms. The van der Waals surface area contributed by atoms with Crippen LogP contribution >= 0.6 is 0 Å². The van der Waals surface area contributed by atoms with Crippen molar-refractivity contribution in [1.82, 2.24) is 0 Å². The van der Waals surface area contributed by atoms with Gasteiger partial charge in [0.1, 0.15) is 0 Å². The van der Waals surface area contributed by atoms with E-state index in [1.165, 1.54) is 18.6 Å². The average molecular weight is 362 g/mol. The van der Waals surface area contributed by atoms with Crippen molar-refractivity contribution in [3.8, 4) is 0 Å². The molecule has 2 aromatic carbocycles. The van der Waals surface area contributed by atoms with Crippen molar-refractivity contribution in [1.29, 1.82) is 0 Å². The Morgan fingerprint density at radius 1 is 1.00 bits per heavy atom. The first kappa shape index (κ1) is 18.2. The summed E-state index contributed by atoms with van der Waals surface area (Å²) in [5.74, 6) is -1.34. The van der Waals surface area contributed by atoms with Crippen LogP contribution in [0, 0.1) is 0 Å². The van der Waals surface area contributed by atoms with Crippen LogP contribution in [0.15, 0.2) is 42.5 Å². The van der Waals surface area contributed by atoms with E-state index in [1.54, 1.807) is 12.1 Å². The zero-order valence-electron chi connectivity index (χ0n) is 14.1. The highest BCUT2D eigenvalue weighted by Gasteiger charge is 2.31. The van der Waals surface area contributed by atoms with Crippen LogP contribution in [0.1, 0.15) is 50.8 Å². The molecule has 0 saturated heterocycles. The van der Waals surface area contributed by atoms with Gasteiger partial charge in [-0.2, -0.15) is 13.2 Å². The molecule has 0 unspecified atom stereocenters. The van der Waals surface area contributed by atoms with Crippen molar-refractivity contribution in [3.63, 3.8) is 0 Å². The standard InChI is InChI=1S/C20H17F3O3/c1-12(18(24)15-9-8-13-4-2-5-14(13)10-15)26-19(25)16-6-3-7-17(11-16)20(21,22)23/h3,6-12H,2,4-5H2,1H3/t12-/m0/s1. The smallest absolute Gasteiger partial charge is 0.416 e. The van der Waals surface area contributed by atoms with Crippen LogP contribution in [0.2, 0.25) is 0 Å². The van der Waals surface area contributed by atoms with Gasteiger partial charge in [-0.25, -0.2) is 4.79 Å². The van der Waals surface area contributed by atoms with Crippen LogP contribution in [0.3, 0.4) is 0 Å². The summed E-state index contributed by atoms with van der Waals surface area (Å²) >= 11 is 0. The summed E-state index contributed by atoms with van der Waals surface area (Å²) < 4.78 is 43.3. The molecule has 3 nitrogen and oxygen atoms in total. The third-order valence-electron chi connectivity index (χ3n) is 4.46. The van der Waals surface area contributed by atoms with Crippen LogP contribution in [0.4, 0.5) is 13.2 Å². The van der Waals surface area contributed by atoms with E-state index in [0.717, 1.165) is 43.0 Å². The Kier molecular flexibility index (Phi) is 4.85. The molecule has 2 aromatic rings. The molecule has 0 heterocycles. The highest BCUT2D eigenvalue weighted by molar-refractivity contribution is 6.01. The second-order valence-corrected chi connectivity index (χ2v) is 6.33. The normalized spacial score (nSPS) is 14.6. The number of carbonyl (C=O) groups is 2. The van der Waals surface area contributed by atoms with Crippen molar-refractivity contribution in [2.45, 2.75) is 38.5 Å². The predicted molar refractivity (Wildman–Crippen MR) is 89.1 cm³/mol. The van der Waals surface area contributed by atoms with Gasteiger partial charge in [-0.3, -0.25) is 4.79 Å². The van der Waals surface area contributed by atoms with Gasteiger partial charge in [0.05, 0.1) is 11.1 Å². The maximum absolute atomic E-state index is 12.7. The lowest BCUT2D eigenvalue weighted by atomic mass is 10.0. The van der Waals surface area contributed by atoms with Crippen LogP contribution in [-0.2, 0) is 23.8 Å². The third kappa shape index (κ3) is 3.79. The zero-order chi connectivity index (χ0) is 18.9. The molecule has 0 aromatic heterocycles.